The number of aryl methyl sites for hydroxylation is 1. The summed E-state index contributed by atoms with van der Waals surface area (Å²) in [6.07, 6.45) is 3.53. The molecule has 4 atom stereocenters. The van der Waals surface area contributed by atoms with Gasteiger partial charge in [0.2, 0.25) is 0 Å². The maximum atomic E-state index is 11.1. The van der Waals surface area contributed by atoms with Gasteiger partial charge in [-0.3, -0.25) is 0 Å². The molecule has 3 nitrogen and oxygen atoms in total. The van der Waals surface area contributed by atoms with Gasteiger partial charge in [-0.2, -0.15) is 0 Å². The Labute approximate surface area is 171 Å². The largest absolute Gasteiger partial charge is 0.508 e. The summed E-state index contributed by atoms with van der Waals surface area (Å²) in [4.78, 5) is 0. The highest BCUT2D eigenvalue weighted by molar-refractivity contribution is 6.30. The highest BCUT2D eigenvalue weighted by Crippen LogP contribution is 2.56. The molecule has 3 N–H and O–H groups in total. The third-order valence-electron chi connectivity index (χ3n) is 6.76. The number of halogens is 1. The Hall–Kier alpha value is -1.99. The average molecular weight is 397 g/mol. The van der Waals surface area contributed by atoms with Crippen LogP contribution in [0.4, 0.5) is 0 Å². The van der Waals surface area contributed by atoms with E-state index in [4.69, 9.17) is 11.6 Å². The van der Waals surface area contributed by atoms with Crippen molar-refractivity contribution in [2.75, 3.05) is 0 Å². The van der Waals surface area contributed by atoms with E-state index in [0.29, 0.717) is 19.3 Å². The van der Waals surface area contributed by atoms with E-state index in [1.165, 1.54) is 5.56 Å². The molecule has 1 saturated carbocycles. The van der Waals surface area contributed by atoms with Gasteiger partial charge < -0.3 is 15.3 Å². The van der Waals surface area contributed by atoms with Crippen molar-refractivity contribution in [1.29, 1.82) is 0 Å². The molecule has 1 unspecified atom stereocenters. The number of aliphatic hydroxyl groups excluding tert-OH is 1. The van der Waals surface area contributed by atoms with Crippen LogP contribution in [0.5, 0.6) is 5.75 Å². The van der Waals surface area contributed by atoms with E-state index in [1.807, 2.05) is 42.5 Å². The molecule has 0 saturated heterocycles. The van der Waals surface area contributed by atoms with E-state index in [-0.39, 0.29) is 17.1 Å². The highest BCUT2D eigenvalue weighted by atomic mass is 35.5. The third kappa shape index (κ3) is 3.42. The van der Waals surface area contributed by atoms with Gasteiger partial charge in [0.15, 0.2) is 0 Å². The quantitative estimate of drug-likeness (QED) is 0.672. The number of fused-ring (bicyclic) bond motifs is 3. The Morgan fingerprint density at radius 1 is 1.14 bits per heavy atom. The molecule has 0 spiro atoms. The molecule has 0 aliphatic heterocycles. The number of benzene rings is 2. The van der Waals surface area contributed by atoms with Gasteiger partial charge in [-0.05, 0) is 84.9 Å². The fourth-order valence-corrected chi connectivity index (χ4v) is 5.57. The number of hydrogen-bond donors (Lipinski definition) is 3. The molecule has 2 aliphatic rings. The normalized spacial score (nSPS) is 29.8. The Morgan fingerprint density at radius 2 is 1.93 bits per heavy atom. The predicted molar refractivity (Wildman–Crippen MR) is 110 cm³/mol. The molecule has 0 amide bonds. The summed E-state index contributed by atoms with van der Waals surface area (Å²) in [6.45, 7) is 0. The molecule has 4 heteroatoms. The summed E-state index contributed by atoms with van der Waals surface area (Å²) in [5.41, 5.74) is 1.92. The summed E-state index contributed by atoms with van der Waals surface area (Å²) >= 11 is 5.61. The second-order valence-electron chi connectivity index (χ2n) is 8.32. The van der Waals surface area contributed by atoms with E-state index in [0.717, 1.165) is 30.4 Å². The number of aromatic hydroxyl groups is 1. The first-order valence-corrected chi connectivity index (χ1v) is 10.2. The first kappa shape index (κ1) is 19.3. The van der Waals surface area contributed by atoms with Gasteiger partial charge in [-0.1, -0.05) is 42.3 Å². The minimum atomic E-state index is -1.07. The molecular weight excluding hydrogens is 372 g/mol. The lowest BCUT2D eigenvalue weighted by Gasteiger charge is -2.52. The average Bonchev–Trinajstić information content (AvgIpc) is 2.69. The van der Waals surface area contributed by atoms with Gasteiger partial charge in [-0.15, -0.1) is 0 Å². The monoisotopic (exact) mass is 396 g/mol. The molecule has 2 aliphatic carbocycles. The van der Waals surface area contributed by atoms with Crippen molar-refractivity contribution in [2.45, 2.75) is 55.6 Å². The lowest BCUT2D eigenvalue weighted by Crippen LogP contribution is -2.50. The first-order chi connectivity index (χ1) is 13.5. The standard InChI is InChI=1S/C24H25ClO3/c25-13-12-23(28)10-11-24(16-22(27)17-4-2-1-3-5-17)19(15-23)7-6-18-14-20(26)8-9-21(18)24/h1-5,8-9,14,19,22,26-28H,6-7,10-11,15-16H2/t19-,22?,23+,24+/m1/s1. The molecule has 0 bridgehead atoms. The van der Waals surface area contributed by atoms with Crippen molar-refractivity contribution in [3.63, 3.8) is 0 Å². The van der Waals surface area contributed by atoms with Crippen molar-refractivity contribution in [1.82, 2.24) is 0 Å². The Morgan fingerprint density at radius 3 is 2.68 bits per heavy atom. The van der Waals surface area contributed by atoms with Crippen LogP contribution in [-0.2, 0) is 11.8 Å². The molecule has 0 radical (unpaired) electrons. The second-order valence-corrected chi connectivity index (χ2v) is 8.51. The summed E-state index contributed by atoms with van der Waals surface area (Å²) in [5.74, 6) is 3.27. The van der Waals surface area contributed by atoms with Crippen molar-refractivity contribution in [3.05, 3.63) is 65.2 Å². The summed E-state index contributed by atoms with van der Waals surface area (Å²) < 4.78 is 0. The molecule has 0 aromatic heterocycles. The molecule has 0 heterocycles. The van der Waals surface area contributed by atoms with Crippen molar-refractivity contribution in [3.8, 4) is 17.0 Å². The van der Waals surface area contributed by atoms with Crippen LogP contribution in [0.2, 0.25) is 0 Å². The van der Waals surface area contributed by atoms with E-state index in [1.54, 1.807) is 6.07 Å². The maximum Gasteiger partial charge on any atom is 0.127 e. The van der Waals surface area contributed by atoms with E-state index >= 15 is 0 Å². The van der Waals surface area contributed by atoms with Crippen LogP contribution in [0, 0.1) is 17.2 Å². The number of rotatable bonds is 3. The van der Waals surface area contributed by atoms with Gasteiger partial charge in [-0.25, -0.2) is 0 Å². The van der Waals surface area contributed by atoms with E-state index in [2.05, 4.69) is 11.3 Å². The zero-order valence-electron chi connectivity index (χ0n) is 15.7. The lowest BCUT2D eigenvalue weighted by atomic mass is 9.52. The van der Waals surface area contributed by atoms with Crippen LogP contribution in [0.25, 0.3) is 0 Å². The number of hydrogen-bond acceptors (Lipinski definition) is 3. The fourth-order valence-electron chi connectivity index (χ4n) is 5.39. The van der Waals surface area contributed by atoms with Crippen molar-refractivity contribution < 1.29 is 15.3 Å². The first-order valence-electron chi connectivity index (χ1n) is 9.86. The van der Waals surface area contributed by atoms with Crippen LogP contribution in [0.1, 0.15) is 54.9 Å². The molecule has 1 fully saturated rings. The van der Waals surface area contributed by atoms with Crippen LogP contribution in [0.3, 0.4) is 0 Å². The van der Waals surface area contributed by atoms with Gasteiger partial charge in [0.05, 0.1) is 6.10 Å². The zero-order chi connectivity index (χ0) is 19.8. The van der Waals surface area contributed by atoms with Gasteiger partial charge >= 0.3 is 0 Å². The fraction of sp³-hybridized carbons (Fsp3) is 0.417. The third-order valence-corrected chi connectivity index (χ3v) is 6.85. The minimum absolute atomic E-state index is 0.194. The summed E-state index contributed by atoms with van der Waals surface area (Å²) in [5, 5.41) is 34.3. The zero-order valence-corrected chi connectivity index (χ0v) is 16.5. The maximum absolute atomic E-state index is 11.1. The minimum Gasteiger partial charge on any atom is -0.508 e. The Bertz CT molecular complexity index is 916. The van der Waals surface area contributed by atoms with Gasteiger partial charge in [0.25, 0.3) is 0 Å². The lowest BCUT2D eigenvalue weighted by molar-refractivity contribution is -0.0251. The predicted octanol–water partition coefficient (Wildman–Crippen LogP) is 4.43. The van der Waals surface area contributed by atoms with Crippen molar-refractivity contribution in [2.24, 2.45) is 5.92 Å². The van der Waals surface area contributed by atoms with E-state index in [9.17, 15) is 15.3 Å². The van der Waals surface area contributed by atoms with Crippen LogP contribution in [-0.4, -0.2) is 20.9 Å². The van der Waals surface area contributed by atoms with Crippen LogP contribution in [0.15, 0.2) is 48.5 Å². The number of aliphatic hydroxyl groups is 2. The topological polar surface area (TPSA) is 60.7 Å². The molecule has 4 rings (SSSR count). The van der Waals surface area contributed by atoms with Gasteiger partial charge in [0, 0.05) is 10.8 Å². The van der Waals surface area contributed by atoms with Gasteiger partial charge in [0.1, 0.15) is 11.4 Å². The highest BCUT2D eigenvalue weighted by Gasteiger charge is 2.52. The number of phenols is 1. The smallest absolute Gasteiger partial charge is 0.127 e. The summed E-state index contributed by atoms with van der Waals surface area (Å²) in [7, 11) is 0. The van der Waals surface area contributed by atoms with Crippen molar-refractivity contribution >= 4 is 11.6 Å². The molecular formula is C24H25ClO3. The SMILES string of the molecule is Oc1ccc2c(c1)CC[C@@H]1C[C@@](O)(C#CCl)CC[C@@]21CC(O)c1ccccc1. The van der Waals surface area contributed by atoms with E-state index < -0.39 is 11.7 Å². The van der Waals surface area contributed by atoms with Crippen LogP contribution < -0.4 is 0 Å². The summed E-state index contributed by atoms with van der Waals surface area (Å²) in [6, 6.07) is 15.3. The molecule has 28 heavy (non-hydrogen) atoms. The Balaban J connectivity index is 1.75. The second kappa shape index (κ2) is 7.44. The molecule has 146 valence electrons. The molecule has 2 aromatic rings. The van der Waals surface area contributed by atoms with Crippen LogP contribution >= 0.6 is 11.6 Å². The number of phenolic OH excluding ortho intramolecular Hbond substituents is 1. The Kier molecular flexibility index (Phi) is 5.14. The molecule has 2 aromatic carbocycles.